The second-order valence-corrected chi connectivity index (χ2v) is 5.07. The van der Waals surface area contributed by atoms with Gasteiger partial charge in [-0.2, -0.15) is 0 Å². The normalized spacial score (nSPS) is 10.2. The Morgan fingerprint density at radius 2 is 2.00 bits per heavy atom. The van der Waals surface area contributed by atoms with E-state index in [1.807, 2.05) is 30.5 Å². The highest BCUT2D eigenvalue weighted by Crippen LogP contribution is 2.27. The standard InChI is InChI=1S/C14H12ClNO2S/c1-19-13-5-3-2-4-12(13)16-14(18)10-8-9(17)6-7-11(10)15/h2-8,17H,1H3,(H,16,18). The number of thioether (sulfide) groups is 1. The van der Waals surface area contributed by atoms with E-state index in [9.17, 15) is 9.90 Å². The van der Waals surface area contributed by atoms with Crippen LogP contribution >= 0.6 is 23.4 Å². The van der Waals surface area contributed by atoms with Crippen LogP contribution in [-0.2, 0) is 0 Å². The Labute approximate surface area is 120 Å². The number of hydrogen-bond donors (Lipinski definition) is 2. The van der Waals surface area contributed by atoms with Crippen molar-refractivity contribution in [3.05, 3.63) is 53.1 Å². The monoisotopic (exact) mass is 293 g/mol. The Balaban J connectivity index is 2.28. The number of halogens is 1. The molecule has 1 amide bonds. The maximum absolute atomic E-state index is 12.1. The van der Waals surface area contributed by atoms with Crippen LogP contribution in [0.25, 0.3) is 0 Å². The van der Waals surface area contributed by atoms with Crippen molar-refractivity contribution >= 4 is 35.0 Å². The van der Waals surface area contributed by atoms with Gasteiger partial charge in [0.15, 0.2) is 0 Å². The highest BCUT2D eigenvalue weighted by molar-refractivity contribution is 7.98. The molecule has 0 heterocycles. The number of nitrogens with one attached hydrogen (secondary N) is 1. The molecule has 2 N–H and O–H groups in total. The maximum atomic E-state index is 12.1. The number of hydrogen-bond acceptors (Lipinski definition) is 3. The van der Waals surface area contributed by atoms with Gasteiger partial charge in [-0.15, -0.1) is 11.8 Å². The summed E-state index contributed by atoms with van der Waals surface area (Å²) in [5.41, 5.74) is 0.969. The number of para-hydroxylation sites is 1. The quantitative estimate of drug-likeness (QED) is 0.840. The summed E-state index contributed by atoms with van der Waals surface area (Å²) in [6.45, 7) is 0. The van der Waals surface area contributed by atoms with E-state index in [0.717, 1.165) is 10.6 Å². The van der Waals surface area contributed by atoms with Gasteiger partial charge in [0, 0.05) is 4.90 Å². The molecule has 2 aromatic carbocycles. The third kappa shape index (κ3) is 3.22. The van der Waals surface area contributed by atoms with Crippen LogP contribution in [0.4, 0.5) is 5.69 Å². The van der Waals surface area contributed by atoms with Gasteiger partial charge in [-0.25, -0.2) is 0 Å². The van der Waals surface area contributed by atoms with E-state index < -0.39 is 0 Å². The lowest BCUT2D eigenvalue weighted by atomic mass is 10.2. The summed E-state index contributed by atoms with van der Waals surface area (Å²) in [5.74, 6) is -0.338. The van der Waals surface area contributed by atoms with Crippen LogP contribution in [0.5, 0.6) is 5.75 Å². The predicted octanol–water partition coefficient (Wildman–Crippen LogP) is 4.02. The van der Waals surface area contributed by atoms with Crippen LogP contribution in [0.1, 0.15) is 10.4 Å². The molecule has 0 aliphatic heterocycles. The van der Waals surface area contributed by atoms with E-state index in [1.54, 1.807) is 11.8 Å². The smallest absolute Gasteiger partial charge is 0.257 e. The molecule has 0 aliphatic rings. The number of benzene rings is 2. The van der Waals surface area contributed by atoms with Crippen LogP contribution < -0.4 is 5.32 Å². The second-order valence-electron chi connectivity index (χ2n) is 3.82. The molecule has 0 aliphatic carbocycles. The van der Waals surface area contributed by atoms with E-state index >= 15 is 0 Å². The fraction of sp³-hybridized carbons (Fsp3) is 0.0714. The average Bonchev–Trinajstić information content (AvgIpc) is 2.42. The maximum Gasteiger partial charge on any atom is 0.257 e. The van der Waals surface area contributed by atoms with Gasteiger partial charge in [-0.3, -0.25) is 4.79 Å². The molecule has 0 unspecified atom stereocenters. The highest BCUT2D eigenvalue weighted by atomic mass is 35.5. The van der Waals surface area contributed by atoms with Crippen LogP contribution in [0.2, 0.25) is 5.02 Å². The first-order valence-corrected chi connectivity index (χ1v) is 7.15. The number of aromatic hydroxyl groups is 1. The lowest BCUT2D eigenvalue weighted by molar-refractivity contribution is 0.102. The van der Waals surface area contributed by atoms with Crippen LogP contribution in [0.3, 0.4) is 0 Å². The summed E-state index contributed by atoms with van der Waals surface area (Å²) in [5, 5.41) is 12.5. The molecule has 0 saturated carbocycles. The molecule has 0 fully saturated rings. The molecule has 3 nitrogen and oxygen atoms in total. The van der Waals surface area contributed by atoms with Gasteiger partial charge in [-0.1, -0.05) is 23.7 Å². The lowest BCUT2D eigenvalue weighted by Crippen LogP contribution is -2.13. The molecule has 19 heavy (non-hydrogen) atoms. The van der Waals surface area contributed by atoms with Crippen LogP contribution in [-0.4, -0.2) is 17.3 Å². The van der Waals surface area contributed by atoms with E-state index in [0.29, 0.717) is 5.02 Å². The first kappa shape index (κ1) is 13.8. The molecule has 2 rings (SSSR count). The van der Waals surface area contributed by atoms with Gasteiger partial charge in [0.1, 0.15) is 5.75 Å². The van der Waals surface area contributed by atoms with Crippen molar-refractivity contribution in [2.75, 3.05) is 11.6 Å². The number of anilines is 1. The first-order chi connectivity index (χ1) is 9.11. The van der Waals surface area contributed by atoms with Crippen molar-refractivity contribution in [1.82, 2.24) is 0 Å². The minimum absolute atomic E-state index is 0.00713. The molecular weight excluding hydrogens is 282 g/mol. The van der Waals surface area contributed by atoms with Gasteiger partial charge < -0.3 is 10.4 Å². The fourth-order valence-corrected chi connectivity index (χ4v) is 2.38. The number of carbonyl (C=O) groups is 1. The Bertz CT molecular complexity index is 616. The zero-order valence-corrected chi connectivity index (χ0v) is 11.8. The minimum atomic E-state index is -0.345. The van der Waals surface area contributed by atoms with Gasteiger partial charge in [0.2, 0.25) is 0 Å². The van der Waals surface area contributed by atoms with Gasteiger partial charge in [0.25, 0.3) is 5.91 Å². The molecule has 0 aromatic heterocycles. The van der Waals surface area contributed by atoms with Crippen molar-refractivity contribution in [2.45, 2.75) is 4.90 Å². The predicted molar refractivity (Wildman–Crippen MR) is 79.3 cm³/mol. The average molecular weight is 294 g/mol. The zero-order chi connectivity index (χ0) is 13.8. The Kier molecular flexibility index (Phi) is 4.35. The van der Waals surface area contributed by atoms with Crippen molar-refractivity contribution in [1.29, 1.82) is 0 Å². The van der Waals surface area contributed by atoms with Gasteiger partial charge >= 0.3 is 0 Å². The Hall–Kier alpha value is -1.65. The molecule has 5 heteroatoms. The molecule has 0 radical (unpaired) electrons. The van der Waals surface area contributed by atoms with E-state index in [-0.39, 0.29) is 17.2 Å². The number of amides is 1. The second kappa shape index (κ2) is 5.99. The molecule has 0 atom stereocenters. The van der Waals surface area contributed by atoms with Crippen molar-refractivity contribution in [3.63, 3.8) is 0 Å². The minimum Gasteiger partial charge on any atom is -0.508 e. The molecule has 0 spiro atoms. The first-order valence-electron chi connectivity index (χ1n) is 5.54. The van der Waals surface area contributed by atoms with E-state index in [4.69, 9.17) is 11.6 Å². The van der Waals surface area contributed by atoms with Crippen LogP contribution in [0.15, 0.2) is 47.4 Å². The third-order valence-electron chi connectivity index (χ3n) is 2.55. The van der Waals surface area contributed by atoms with Crippen molar-refractivity contribution in [3.8, 4) is 5.75 Å². The fourth-order valence-electron chi connectivity index (χ4n) is 1.62. The van der Waals surface area contributed by atoms with Crippen molar-refractivity contribution in [2.24, 2.45) is 0 Å². The highest BCUT2D eigenvalue weighted by Gasteiger charge is 2.12. The van der Waals surface area contributed by atoms with Crippen LogP contribution in [0, 0.1) is 0 Å². The summed E-state index contributed by atoms with van der Waals surface area (Å²) in [7, 11) is 0. The zero-order valence-electron chi connectivity index (χ0n) is 10.2. The number of rotatable bonds is 3. The summed E-state index contributed by atoms with van der Waals surface area (Å²) in [4.78, 5) is 13.1. The van der Waals surface area contributed by atoms with Crippen molar-refractivity contribution < 1.29 is 9.90 Å². The topological polar surface area (TPSA) is 49.3 Å². The molecule has 0 saturated heterocycles. The van der Waals surface area contributed by atoms with E-state index in [1.165, 1.54) is 18.2 Å². The number of carbonyl (C=O) groups excluding carboxylic acids is 1. The molecule has 0 bridgehead atoms. The summed E-state index contributed by atoms with van der Waals surface area (Å²) in [6.07, 6.45) is 1.94. The number of phenolic OH excluding ortho intramolecular Hbond substituents is 1. The number of phenols is 1. The van der Waals surface area contributed by atoms with Gasteiger partial charge in [-0.05, 0) is 36.6 Å². The largest absolute Gasteiger partial charge is 0.508 e. The summed E-state index contributed by atoms with van der Waals surface area (Å²) < 4.78 is 0. The Morgan fingerprint density at radius 1 is 1.26 bits per heavy atom. The SMILES string of the molecule is CSc1ccccc1NC(=O)c1cc(O)ccc1Cl. The molecule has 98 valence electrons. The van der Waals surface area contributed by atoms with Gasteiger partial charge in [0.05, 0.1) is 16.3 Å². The van der Waals surface area contributed by atoms with E-state index in [2.05, 4.69) is 5.32 Å². The lowest BCUT2D eigenvalue weighted by Gasteiger charge is -2.10. The molecule has 2 aromatic rings. The summed E-state index contributed by atoms with van der Waals surface area (Å²) in [6, 6.07) is 11.8. The summed E-state index contributed by atoms with van der Waals surface area (Å²) >= 11 is 7.50. The Morgan fingerprint density at radius 3 is 2.74 bits per heavy atom. The third-order valence-corrected chi connectivity index (χ3v) is 3.68. The molecular formula is C14H12ClNO2S.